The van der Waals surface area contributed by atoms with Crippen molar-refractivity contribution in [1.29, 1.82) is 0 Å². The van der Waals surface area contributed by atoms with Gasteiger partial charge in [0, 0.05) is 12.6 Å². The Bertz CT molecular complexity index is 1040. The fraction of sp³-hybridized carbons (Fsp3) is 0.273. The number of nitrogens with one attached hydrogen (secondary N) is 2. The first-order chi connectivity index (χ1) is 14.9. The Hall–Kier alpha value is -3.20. The molecule has 0 saturated heterocycles. The Labute approximate surface area is 184 Å². The van der Waals surface area contributed by atoms with E-state index < -0.39 is 17.8 Å². The first-order valence-corrected chi connectivity index (χ1v) is 10.9. The van der Waals surface area contributed by atoms with Gasteiger partial charge in [-0.05, 0) is 38.0 Å². The maximum absolute atomic E-state index is 14.4. The number of rotatable bonds is 8. The van der Waals surface area contributed by atoms with E-state index in [1.165, 1.54) is 6.07 Å². The van der Waals surface area contributed by atoms with Crippen molar-refractivity contribution >= 4 is 23.7 Å². The van der Waals surface area contributed by atoms with Gasteiger partial charge in [0.25, 0.3) is 0 Å². The summed E-state index contributed by atoms with van der Waals surface area (Å²) < 4.78 is 16.2. The lowest BCUT2D eigenvalue weighted by molar-refractivity contribution is -0.117. The molecule has 0 saturated carbocycles. The van der Waals surface area contributed by atoms with Crippen LogP contribution in [0, 0.1) is 5.82 Å². The minimum atomic E-state index is -0.543. The lowest BCUT2D eigenvalue weighted by Gasteiger charge is -2.11. The van der Waals surface area contributed by atoms with E-state index in [-0.39, 0.29) is 11.8 Å². The molecule has 1 heterocycles. The molecule has 0 radical (unpaired) electrons. The number of carbonyl (C=O) groups excluding carboxylic acids is 2. The molecule has 0 aliphatic heterocycles. The van der Waals surface area contributed by atoms with E-state index >= 15 is 0 Å². The first kappa shape index (κ1) is 22.5. The molecule has 162 valence electrons. The van der Waals surface area contributed by atoms with E-state index in [0.29, 0.717) is 29.5 Å². The van der Waals surface area contributed by atoms with Gasteiger partial charge in [-0.1, -0.05) is 54.2 Å². The van der Waals surface area contributed by atoms with Crippen LogP contribution in [0.1, 0.15) is 19.4 Å². The van der Waals surface area contributed by atoms with Gasteiger partial charge >= 0.3 is 6.03 Å². The van der Waals surface area contributed by atoms with E-state index in [9.17, 15) is 14.0 Å². The summed E-state index contributed by atoms with van der Waals surface area (Å²) in [7, 11) is 0. The monoisotopic (exact) mass is 441 g/mol. The Morgan fingerprint density at radius 1 is 1.06 bits per heavy atom. The molecule has 7 nitrogen and oxygen atoms in total. The van der Waals surface area contributed by atoms with Gasteiger partial charge in [0.05, 0.1) is 11.3 Å². The maximum atomic E-state index is 14.4. The summed E-state index contributed by atoms with van der Waals surface area (Å²) in [5.74, 6) is -0.468. The van der Waals surface area contributed by atoms with E-state index in [0.717, 1.165) is 17.3 Å². The highest BCUT2D eigenvalue weighted by Crippen LogP contribution is 2.26. The second kappa shape index (κ2) is 10.7. The highest BCUT2D eigenvalue weighted by Gasteiger charge is 2.18. The molecule has 3 rings (SSSR count). The number of amides is 3. The zero-order valence-corrected chi connectivity index (χ0v) is 18.2. The number of aryl methyl sites for hydroxylation is 1. The van der Waals surface area contributed by atoms with Crippen LogP contribution in [0.15, 0.2) is 59.8 Å². The lowest BCUT2D eigenvalue weighted by Crippen LogP contribution is -2.43. The quantitative estimate of drug-likeness (QED) is 0.521. The second-order valence-corrected chi connectivity index (χ2v) is 8.08. The van der Waals surface area contributed by atoms with Crippen LogP contribution >= 0.6 is 11.8 Å². The highest BCUT2D eigenvalue weighted by molar-refractivity contribution is 7.99. The number of urea groups is 1. The molecule has 31 heavy (non-hydrogen) atoms. The number of hydrogen-bond acceptors (Lipinski definition) is 5. The van der Waals surface area contributed by atoms with Gasteiger partial charge in [-0.3, -0.25) is 10.1 Å². The van der Waals surface area contributed by atoms with Crippen molar-refractivity contribution in [2.24, 2.45) is 0 Å². The van der Waals surface area contributed by atoms with Crippen molar-refractivity contribution in [3.05, 3.63) is 66.0 Å². The molecule has 2 aromatic carbocycles. The van der Waals surface area contributed by atoms with Gasteiger partial charge in [0.1, 0.15) is 5.82 Å². The number of thioether (sulfide) groups is 1. The fourth-order valence-electron chi connectivity index (χ4n) is 2.92. The third-order valence-corrected chi connectivity index (χ3v) is 5.27. The van der Waals surface area contributed by atoms with Crippen LogP contribution in [0.4, 0.5) is 9.18 Å². The summed E-state index contributed by atoms with van der Waals surface area (Å²) in [4.78, 5) is 23.8. The number of aromatic nitrogens is 3. The Kier molecular flexibility index (Phi) is 7.77. The molecule has 1 aromatic heterocycles. The molecule has 0 aliphatic rings. The SMILES string of the molecule is CC(C)NC(=O)NC(=O)CSc1nnc(-c2ccccc2F)n1CCc1ccccc1. The predicted octanol–water partition coefficient (Wildman–Crippen LogP) is 3.65. The molecule has 0 aliphatic carbocycles. The zero-order valence-electron chi connectivity index (χ0n) is 17.3. The first-order valence-electron chi connectivity index (χ1n) is 9.89. The summed E-state index contributed by atoms with van der Waals surface area (Å²) >= 11 is 1.15. The standard InChI is InChI=1S/C22H24FN5O2S/c1-15(2)24-21(30)25-19(29)14-31-22-27-26-20(17-10-6-7-11-18(17)23)28(22)13-12-16-8-4-3-5-9-16/h3-11,15H,12-14H2,1-2H3,(H2,24,25,29,30). The molecule has 0 atom stereocenters. The largest absolute Gasteiger partial charge is 0.336 e. The summed E-state index contributed by atoms with van der Waals surface area (Å²) in [6, 6.07) is 15.7. The molecule has 0 spiro atoms. The van der Waals surface area contributed by atoms with Crippen LogP contribution in [-0.4, -0.2) is 38.5 Å². The van der Waals surface area contributed by atoms with Crippen molar-refractivity contribution in [3.8, 4) is 11.4 Å². The van der Waals surface area contributed by atoms with Crippen LogP contribution in [0.2, 0.25) is 0 Å². The Morgan fingerprint density at radius 2 is 1.77 bits per heavy atom. The normalized spacial score (nSPS) is 10.8. The van der Waals surface area contributed by atoms with Crippen molar-refractivity contribution in [2.45, 2.75) is 38.0 Å². The molecule has 2 N–H and O–H groups in total. The topological polar surface area (TPSA) is 88.9 Å². The molecule has 3 aromatic rings. The third-order valence-electron chi connectivity index (χ3n) is 4.30. The second-order valence-electron chi connectivity index (χ2n) is 7.14. The molecular weight excluding hydrogens is 417 g/mol. The van der Waals surface area contributed by atoms with Crippen LogP contribution in [0.5, 0.6) is 0 Å². The average Bonchev–Trinajstić information content (AvgIpc) is 3.13. The summed E-state index contributed by atoms with van der Waals surface area (Å²) in [6.45, 7) is 4.12. The summed E-state index contributed by atoms with van der Waals surface area (Å²) in [5, 5.41) is 13.7. The van der Waals surface area contributed by atoms with Crippen LogP contribution in [0.25, 0.3) is 11.4 Å². The fourth-order valence-corrected chi connectivity index (χ4v) is 3.68. The van der Waals surface area contributed by atoms with E-state index in [4.69, 9.17) is 0 Å². The van der Waals surface area contributed by atoms with Crippen molar-refractivity contribution in [2.75, 3.05) is 5.75 Å². The molecule has 0 fully saturated rings. The number of nitrogens with zero attached hydrogens (tertiary/aromatic N) is 3. The van der Waals surface area contributed by atoms with Crippen molar-refractivity contribution < 1.29 is 14.0 Å². The average molecular weight is 442 g/mol. The van der Waals surface area contributed by atoms with Gasteiger partial charge in [-0.2, -0.15) is 0 Å². The number of halogens is 1. The lowest BCUT2D eigenvalue weighted by atomic mass is 10.1. The van der Waals surface area contributed by atoms with Crippen LogP contribution in [0.3, 0.4) is 0 Å². The highest BCUT2D eigenvalue weighted by atomic mass is 32.2. The minimum Gasteiger partial charge on any atom is -0.336 e. The Morgan fingerprint density at radius 3 is 2.48 bits per heavy atom. The molecule has 0 bridgehead atoms. The third kappa shape index (κ3) is 6.39. The number of imide groups is 1. The van der Waals surface area contributed by atoms with Gasteiger partial charge < -0.3 is 9.88 Å². The van der Waals surface area contributed by atoms with Gasteiger partial charge in [0.15, 0.2) is 11.0 Å². The number of carbonyl (C=O) groups is 2. The summed E-state index contributed by atoms with van der Waals surface area (Å²) in [5.41, 5.74) is 1.46. The van der Waals surface area contributed by atoms with Crippen LogP contribution in [-0.2, 0) is 17.8 Å². The number of benzene rings is 2. The van der Waals surface area contributed by atoms with E-state index in [2.05, 4.69) is 20.8 Å². The zero-order chi connectivity index (χ0) is 22.2. The molecule has 0 unspecified atom stereocenters. The van der Waals surface area contributed by atoms with E-state index in [1.54, 1.807) is 36.6 Å². The summed E-state index contributed by atoms with van der Waals surface area (Å²) in [6.07, 6.45) is 0.691. The maximum Gasteiger partial charge on any atom is 0.321 e. The molecular formula is C22H24FN5O2S. The van der Waals surface area contributed by atoms with Gasteiger partial charge in [-0.25, -0.2) is 9.18 Å². The van der Waals surface area contributed by atoms with Crippen LogP contribution < -0.4 is 10.6 Å². The predicted molar refractivity (Wildman–Crippen MR) is 118 cm³/mol. The van der Waals surface area contributed by atoms with Gasteiger partial charge in [-0.15, -0.1) is 10.2 Å². The molecule has 9 heteroatoms. The van der Waals surface area contributed by atoms with Crippen molar-refractivity contribution in [3.63, 3.8) is 0 Å². The van der Waals surface area contributed by atoms with E-state index in [1.807, 2.05) is 30.3 Å². The smallest absolute Gasteiger partial charge is 0.321 e. The number of hydrogen-bond donors (Lipinski definition) is 2. The Balaban J connectivity index is 1.77. The van der Waals surface area contributed by atoms with Crippen molar-refractivity contribution in [1.82, 2.24) is 25.4 Å². The minimum absolute atomic E-state index is 0.0216. The molecule has 3 amide bonds. The van der Waals surface area contributed by atoms with Gasteiger partial charge in [0.2, 0.25) is 5.91 Å².